The molecule has 0 aliphatic rings. The molecule has 0 saturated heterocycles. The van der Waals surface area contributed by atoms with Gasteiger partial charge < -0.3 is 4.40 Å². The summed E-state index contributed by atoms with van der Waals surface area (Å²) in [7, 11) is 0. The van der Waals surface area contributed by atoms with Crippen LogP contribution >= 0.6 is 11.3 Å². The van der Waals surface area contributed by atoms with Crippen LogP contribution in [-0.2, 0) is 0 Å². The van der Waals surface area contributed by atoms with Crippen molar-refractivity contribution in [3.63, 3.8) is 0 Å². The van der Waals surface area contributed by atoms with Gasteiger partial charge in [0.1, 0.15) is 4.83 Å². The van der Waals surface area contributed by atoms with Crippen molar-refractivity contribution >= 4 is 28.7 Å². The molecule has 2 rings (SSSR count). The molecule has 0 bridgehead atoms. The number of carbonyl (C=O) groups excluding carboxylic acids is 2. The lowest BCUT2D eigenvalue weighted by atomic mass is 10.2. The predicted molar refractivity (Wildman–Crippen MR) is 50.8 cm³/mol. The smallest absolute Gasteiger partial charge is 0.167 e. The minimum absolute atomic E-state index is 0.568. The van der Waals surface area contributed by atoms with Crippen molar-refractivity contribution in [2.75, 3.05) is 0 Å². The van der Waals surface area contributed by atoms with E-state index in [9.17, 15) is 9.59 Å². The van der Waals surface area contributed by atoms with Gasteiger partial charge in [-0.25, -0.2) is 0 Å². The summed E-state index contributed by atoms with van der Waals surface area (Å²) in [5, 5.41) is 1.86. The third-order valence-electron chi connectivity index (χ3n) is 2.12. The first-order valence-corrected chi connectivity index (χ1v) is 4.66. The molecule has 66 valence electrons. The molecule has 0 aromatic carbocycles. The van der Waals surface area contributed by atoms with Crippen LogP contribution in [0.4, 0.5) is 0 Å². The van der Waals surface area contributed by atoms with Gasteiger partial charge in [0.25, 0.3) is 0 Å². The van der Waals surface area contributed by atoms with E-state index >= 15 is 0 Å². The van der Waals surface area contributed by atoms with Crippen molar-refractivity contribution in [1.29, 1.82) is 0 Å². The maximum absolute atomic E-state index is 10.7. The molecule has 3 nitrogen and oxygen atoms in total. The van der Waals surface area contributed by atoms with Crippen LogP contribution in [-0.4, -0.2) is 17.0 Å². The fourth-order valence-electron chi connectivity index (χ4n) is 1.43. The number of nitrogens with zero attached hydrogens (tertiary/aromatic N) is 1. The first-order valence-electron chi connectivity index (χ1n) is 3.78. The molecule has 0 saturated carbocycles. The maximum Gasteiger partial charge on any atom is 0.167 e. The molecule has 13 heavy (non-hydrogen) atoms. The summed E-state index contributed by atoms with van der Waals surface area (Å²) >= 11 is 1.46. The van der Waals surface area contributed by atoms with E-state index in [0.717, 1.165) is 23.0 Å². The fraction of sp³-hybridized carbons (Fsp3) is 0.111. The highest BCUT2D eigenvalue weighted by Gasteiger charge is 2.13. The predicted octanol–water partition coefficient (Wildman–Crippen LogP) is 1.93. The maximum atomic E-state index is 10.7. The molecular formula is C9H7NO2S. The van der Waals surface area contributed by atoms with Crippen LogP contribution in [0.3, 0.4) is 0 Å². The molecule has 0 radical (unpaired) electrons. The zero-order valence-corrected chi connectivity index (χ0v) is 7.80. The Morgan fingerprint density at radius 2 is 2.15 bits per heavy atom. The number of aldehydes is 2. The first-order chi connectivity index (χ1) is 6.29. The summed E-state index contributed by atoms with van der Waals surface area (Å²) in [6.07, 6.45) is 3.37. The van der Waals surface area contributed by atoms with Gasteiger partial charge in [-0.05, 0) is 12.5 Å². The van der Waals surface area contributed by atoms with E-state index in [-0.39, 0.29) is 0 Å². The van der Waals surface area contributed by atoms with Crippen molar-refractivity contribution in [3.8, 4) is 0 Å². The van der Waals surface area contributed by atoms with Crippen LogP contribution in [0, 0.1) is 6.92 Å². The van der Waals surface area contributed by atoms with Gasteiger partial charge in [0, 0.05) is 11.6 Å². The fourth-order valence-corrected chi connectivity index (χ4v) is 2.34. The highest BCUT2D eigenvalue weighted by molar-refractivity contribution is 7.16. The van der Waals surface area contributed by atoms with E-state index in [1.165, 1.54) is 11.3 Å². The van der Waals surface area contributed by atoms with Crippen molar-refractivity contribution in [2.24, 2.45) is 0 Å². The van der Waals surface area contributed by atoms with Gasteiger partial charge in [-0.2, -0.15) is 0 Å². The molecule has 0 amide bonds. The Morgan fingerprint density at radius 1 is 1.38 bits per heavy atom. The van der Waals surface area contributed by atoms with Gasteiger partial charge in [-0.3, -0.25) is 9.59 Å². The van der Waals surface area contributed by atoms with Crippen molar-refractivity contribution in [2.45, 2.75) is 6.92 Å². The van der Waals surface area contributed by atoms with Crippen LogP contribution in [0.5, 0.6) is 0 Å². The monoisotopic (exact) mass is 193 g/mol. The molecule has 0 unspecified atom stereocenters. The number of hydrogen-bond acceptors (Lipinski definition) is 3. The molecule has 0 aliphatic heterocycles. The highest BCUT2D eigenvalue weighted by Crippen LogP contribution is 2.24. The number of carbonyl (C=O) groups is 2. The van der Waals surface area contributed by atoms with Gasteiger partial charge >= 0.3 is 0 Å². The third kappa shape index (κ3) is 0.954. The molecule has 4 heteroatoms. The van der Waals surface area contributed by atoms with Gasteiger partial charge in [-0.1, -0.05) is 0 Å². The molecular weight excluding hydrogens is 186 g/mol. The average molecular weight is 193 g/mol. The van der Waals surface area contributed by atoms with Crippen LogP contribution < -0.4 is 0 Å². The third-order valence-corrected chi connectivity index (χ3v) is 3.01. The molecule has 2 aromatic heterocycles. The van der Waals surface area contributed by atoms with E-state index in [2.05, 4.69) is 0 Å². The van der Waals surface area contributed by atoms with Crippen LogP contribution in [0.15, 0.2) is 11.6 Å². The van der Waals surface area contributed by atoms with Crippen LogP contribution in [0.25, 0.3) is 4.83 Å². The van der Waals surface area contributed by atoms with E-state index in [1.54, 1.807) is 17.5 Å². The van der Waals surface area contributed by atoms with Crippen molar-refractivity contribution in [1.82, 2.24) is 4.40 Å². The Labute approximate surface area is 78.6 Å². The lowest BCUT2D eigenvalue weighted by Crippen LogP contribution is -1.88. The minimum Gasteiger partial charge on any atom is -0.304 e. The van der Waals surface area contributed by atoms with Gasteiger partial charge in [0.05, 0.1) is 11.3 Å². The molecule has 2 aromatic rings. The Morgan fingerprint density at radius 3 is 2.77 bits per heavy atom. The zero-order valence-electron chi connectivity index (χ0n) is 6.98. The standard InChI is InChI=1S/C9H7NO2S/c1-6-7(4-11)9-10(2-3-13-9)8(6)5-12/h2-5H,1H3. The number of hydrogen-bond donors (Lipinski definition) is 0. The normalized spacial score (nSPS) is 10.5. The van der Waals surface area contributed by atoms with Crippen molar-refractivity contribution < 1.29 is 9.59 Å². The van der Waals surface area contributed by atoms with E-state index < -0.39 is 0 Å². The number of aromatic nitrogens is 1. The number of fused-ring (bicyclic) bond motifs is 1. The lowest BCUT2D eigenvalue weighted by Gasteiger charge is -1.88. The highest BCUT2D eigenvalue weighted by atomic mass is 32.1. The Bertz CT molecular complexity index is 440. The van der Waals surface area contributed by atoms with Gasteiger partial charge in [-0.15, -0.1) is 11.3 Å². The number of thiazole rings is 1. The summed E-state index contributed by atoms with van der Waals surface area (Å²) in [6.45, 7) is 1.78. The molecule has 0 atom stereocenters. The molecule has 0 aliphatic carbocycles. The Hall–Kier alpha value is -1.42. The number of rotatable bonds is 2. The lowest BCUT2D eigenvalue weighted by molar-refractivity contribution is 0.111. The van der Waals surface area contributed by atoms with E-state index in [1.807, 2.05) is 5.38 Å². The zero-order chi connectivity index (χ0) is 9.42. The summed E-state index contributed by atoms with van der Waals surface area (Å²) < 4.78 is 1.75. The Kier molecular flexibility index (Phi) is 1.77. The summed E-state index contributed by atoms with van der Waals surface area (Å²) in [6, 6.07) is 0. The molecule has 0 fully saturated rings. The second-order valence-electron chi connectivity index (χ2n) is 2.74. The summed E-state index contributed by atoms with van der Waals surface area (Å²) in [4.78, 5) is 22.3. The SMILES string of the molecule is Cc1c(C=O)c2sccn2c1C=O. The quantitative estimate of drug-likeness (QED) is 0.683. The van der Waals surface area contributed by atoms with Crippen LogP contribution in [0.2, 0.25) is 0 Å². The summed E-state index contributed by atoms with van der Waals surface area (Å²) in [5.74, 6) is 0. The molecule has 0 N–H and O–H groups in total. The first kappa shape index (κ1) is 8.19. The second-order valence-corrected chi connectivity index (χ2v) is 3.63. The van der Waals surface area contributed by atoms with Gasteiger partial charge in [0.2, 0.25) is 0 Å². The second kappa shape index (κ2) is 2.81. The minimum atomic E-state index is 0.568. The van der Waals surface area contributed by atoms with Crippen LogP contribution in [0.1, 0.15) is 26.4 Å². The van der Waals surface area contributed by atoms with Crippen molar-refractivity contribution in [3.05, 3.63) is 28.4 Å². The summed E-state index contributed by atoms with van der Waals surface area (Å²) in [5.41, 5.74) is 1.95. The van der Waals surface area contributed by atoms with E-state index in [4.69, 9.17) is 0 Å². The topological polar surface area (TPSA) is 38.5 Å². The Balaban J connectivity index is 2.96. The van der Waals surface area contributed by atoms with Gasteiger partial charge in [0.15, 0.2) is 12.6 Å². The van der Waals surface area contributed by atoms with E-state index in [0.29, 0.717) is 11.3 Å². The molecule has 0 spiro atoms. The molecule has 2 heterocycles. The largest absolute Gasteiger partial charge is 0.304 e. The average Bonchev–Trinajstić information content (AvgIpc) is 2.64.